The summed E-state index contributed by atoms with van der Waals surface area (Å²) in [7, 11) is 0. The van der Waals surface area contributed by atoms with Crippen LogP contribution >= 0.6 is 0 Å². The van der Waals surface area contributed by atoms with Gasteiger partial charge in [0.1, 0.15) is 11.5 Å². The second-order valence-electron chi connectivity index (χ2n) is 5.57. The van der Waals surface area contributed by atoms with E-state index in [2.05, 4.69) is 4.98 Å². The molecule has 5 heteroatoms. The molecule has 1 aliphatic rings. The molecule has 2 aromatic rings. The van der Waals surface area contributed by atoms with Gasteiger partial charge in [-0.1, -0.05) is 17.7 Å². The molecule has 5 nitrogen and oxygen atoms in total. The number of benzene rings is 1. The fourth-order valence-corrected chi connectivity index (χ4v) is 2.54. The van der Waals surface area contributed by atoms with Crippen LogP contribution in [0.1, 0.15) is 23.4 Å². The van der Waals surface area contributed by atoms with Crippen molar-refractivity contribution in [3.63, 3.8) is 0 Å². The number of carbonyl (C=O) groups is 1. The van der Waals surface area contributed by atoms with Gasteiger partial charge in [-0.25, -0.2) is 4.98 Å². The van der Waals surface area contributed by atoms with Crippen LogP contribution in [0.4, 0.5) is 0 Å². The Kier molecular flexibility index (Phi) is 4.24. The molecule has 0 bridgehead atoms. The maximum Gasteiger partial charge on any atom is 0.226 e. The lowest BCUT2D eigenvalue weighted by atomic mass is 10.1. The highest BCUT2D eigenvalue weighted by atomic mass is 16.5. The van der Waals surface area contributed by atoms with Crippen LogP contribution in [0.15, 0.2) is 28.7 Å². The monoisotopic (exact) mass is 300 g/mol. The summed E-state index contributed by atoms with van der Waals surface area (Å²) < 4.78 is 11.1. The predicted molar refractivity (Wildman–Crippen MR) is 82.3 cm³/mol. The Morgan fingerprint density at radius 2 is 2.14 bits per heavy atom. The molecule has 1 aromatic heterocycles. The summed E-state index contributed by atoms with van der Waals surface area (Å²) in [5.41, 5.74) is 2.93. The molecule has 3 rings (SSSR count). The van der Waals surface area contributed by atoms with E-state index in [9.17, 15) is 4.79 Å². The van der Waals surface area contributed by atoms with E-state index in [1.807, 2.05) is 38.1 Å². The van der Waals surface area contributed by atoms with E-state index in [4.69, 9.17) is 9.15 Å². The highest BCUT2D eigenvalue weighted by molar-refractivity contribution is 5.76. The van der Waals surface area contributed by atoms with Crippen molar-refractivity contribution in [2.45, 2.75) is 26.8 Å². The van der Waals surface area contributed by atoms with E-state index in [0.717, 1.165) is 22.6 Å². The van der Waals surface area contributed by atoms with Gasteiger partial charge in [-0.3, -0.25) is 4.79 Å². The van der Waals surface area contributed by atoms with E-state index in [-0.39, 0.29) is 5.91 Å². The number of hydrogen-bond donors (Lipinski definition) is 0. The maximum atomic E-state index is 12.0. The summed E-state index contributed by atoms with van der Waals surface area (Å²) in [4.78, 5) is 18.4. The summed E-state index contributed by atoms with van der Waals surface area (Å²) >= 11 is 0. The zero-order valence-electron chi connectivity index (χ0n) is 13.0. The zero-order chi connectivity index (χ0) is 15.5. The quantitative estimate of drug-likeness (QED) is 0.874. The smallest absolute Gasteiger partial charge is 0.226 e. The number of amides is 1. The molecule has 0 radical (unpaired) electrons. The molecule has 22 heavy (non-hydrogen) atoms. The normalized spacial score (nSPS) is 15.9. The fraction of sp³-hybridized carbons (Fsp3) is 0.412. The second kappa shape index (κ2) is 6.32. The first-order valence-corrected chi connectivity index (χ1v) is 7.52. The number of aromatic nitrogens is 1. The minimum Gasteiger partial charge on any atom is -0.441 e. The van der Waals surface area contributed by atoms with Gasteiger partial charge in [-0.2, -0.15) is 0 Å². The van der Waals surface area contributed by atoms with Crippen molar-refractivity contribution in [3.8, 4) is 11.5 Å². The summed E-state index contributed by atoms with van der Waals surface area (Å²) in [6, 6.07) is 8.04. The van der Waals surface area contributed by atoms with Gasteiger partial charge in [-0.05, 0) is 26.0 Å². The molecule has 0 atom stereocenters. The Bertz CT molecular complexity index is 678. The van der Waals surface area contributed by atoms with E-state index in [0.29, 0.717) is 38.6 Å². The Hall–Kier alpha value is -2.14. The highest BCUT2D eigenvalue weighted by Crippen LogP contribution is 2.23. The molecule has 1 amide bonds. The van der Waals surface area contributed by atoms with Crippen molar-refractivity contribution in [1.29, 1.82) is 0 Å². The lowest BCUT2D eigenvalue weighted by Gasteiger charge is -2.18. The van der Waals surface area contributed by atoms with Crippen molar-refractivity contribution < 1.29 is 13.9 Å². The number of rotatable bonds is 3. The topological polar surface area (TPSA) is 55.6 Å². The molecule has 0 spiro atoms. The van der Waals surface area contributed by atoms with Crippen LogP contribution in [0.2, 0.25) is 0 Å². The molecule has 1 saturated heterocycles. The lowest BCUT2D eigenvalue weighted by molar-refractivity contribution is -0.131. The first-order chi connectivity index (χ1) is 10.6. The average Bonchev–Trinajstić information content (AvgIpc) is 2.73. The van der Waals surface area contributed by atoms with Gasteiger partial charge >= 0.3 is 0 Å². The summed E-state index contributed by atoms with van der Waals surface area (Å²) in [6.45, 7) is 6.08. The molecule has 0 unspecified atom stereocenters. The number of oxazole rings is 1. The van der Waals surface area contributed by atoms with Crippen molar-refractivity contribution >= 4 is 5.91 Å². The van der Waals surface area contributed by atoms with Gasteiger partial charge in [0.25, 0.3) is 0 Å². The molecule has 116 valence electrons. The molecule has 0 saturated carbocycles. The van der Waals surface area contributed by atoms with Crippen LogP contribution < -0.4 is 0 Å². The van der Waals surface area contributed by atoms with Gasteiger partial charge < -0.3 is 14.1 Å². The molecule has 1 aliphatic heterocycles. The first-order valence-electron chi connectivity index (χ1n) is 7.52. The average molecular weight is 300 g/mol. The minimum atomic E-state index is 0.108. The third-order valence-electron chi connectivity index (χ3n) is 3.82. The standard InChI is InChI=1S/C17H20N2O3/c1-12-4-3-5-14(10-12)17-18-15(13(2)22-17)11-19-7-9-21-8-6-16(19)20/h3-5,10H,6-9,11H2,1-2H3. The number of carbonyl (C=O) groups excluding carboxylic acids is 1. The van der Waals surface area contributed by atoms with E-state index >= 15 is 0 Å². The number of ether oxygens (including phenoxy) is 1. The largest absolute Gasteiger partial charge is 0.441 e. The Labute approximate surface area is 129 Å². The Morgan fingerprint density at radius 3 is 2.95 bits per heavy atom. The van der Waals surface area contributed by atoms with Crippen molar-refractivity contribution in [2.24, 2.45) is 0 Å². The van der Waals surface area contributed by atoms with Crippen LogP contribution in [0, 0.1) is 13.8 Å². The number of nitrogens with zero attached hydrogens (tertiary/aromatic N) is 2. The van der Waals surface area contributed by atoms with Crippen LogP contribution in [0.5, 0.6) is 0 Å². The Balaban J connectivity index is 1.81. The molecule has 1 fully saturated rings. The summed E-state index contributed by atoms with van der Waals surface area (Å²) in [5, 5.41) is 0. The van der Waals surface area contributed by atoms with E-state index in [1.165, 1.54) is 0 Å². The molecule has 1 aromatic carbocycles. The van der Waals surface area contributed by atoms with Crippen LogP contribution in [0.25, 0.3) is 11.5 Å². The third-order valence-corrected chi connectivity index (χ3v) is 3.82. The van der Waals surface area contributed by atoms with Gasteiger partial charge in [0.2, 0.25) is 11.8 Å². The molecular weight excluding hydrogens is 280 g/mol. The van der Waals surface area contributed by atoms with Gasteiger partial charge in [-0.15, -0.1) is 0 Å². The predicted octanol–water partition coefficient (Wildman–Crippen LogP) is 2.71. The molecule has 2 heterocycles. The third kappa shape index (κ3) is 3.20. The number of hydrogen-bond acceptors (Lipinski definition) is 4. The molecule has 0 aliphatic carbocycles. The lowest BCUT2D eigenvalue weighted by Crippen LogP contribution is -2.31. The summed E-state index contributed by atoms with van der Waals surface area (Å²) in [6.07, 6.45) is 0.432. The van der Waals surface area contributed by atoms with Crippen LogP contribution in [-0.4, -0.2) is 35.5 Å². The van der Waals surface area contributed by atoms with Crippen molar-refractivity contribution in [3.05, 3.63) is 41.3 Å². The van der Waals surface area contributed by atoms with Crippen LogP contribution in [0.3, 0.4) is 0 Å². The Morgan fingerprint density at radius 1 is 1.27 bits per heavy atom. The van der Waals surface area contributed by atoms with Crippen molar-refractivity contribution in [2.75, 3.05) is 19.8 Å². The molecule has 0 N–H and O–H groups in total. The maximum absolute atomic E-state index is 12.0. The van der Waals surface area contributed by atoms with Gasteiger partial charge in [0, 0.05) is 12.1 Å². The van der Waals surface area contributed by atoms with Crippen molar-refractivity contribution in [1.82, 2.24) is 9.88 Å². The zero-order valence-corrected chi connectivity index (χ0v) is 13.0. The SMILES string of the molecule is Cc1cccc(-c2nc(CN3CCOCCC3=O)c(C)o2)c1. The van der Waals surface area contributed by atoms with Gasteiger partial charge in [0.05, 0.1) is 26.2 Å². The first kappa shape index (κ1) is 14.8. The highest BCUT2D eigenvalue weighted by Gasteiger charge is 2.20. The van der Waals surface area contributed by atoms with E-state index in [1.54, 1.807) is 4.90 Å². The van der Waals surface area contributed by atoms with E-state index < -0.39 is 0 Å². The van der Waals surface area contributed by atoms with Crippen LogP contribution in [-0.2, 0) is 16.1 Å². The second-order valence-corrected chi connectivity index (χ2v) is 5.57. The minimum absolute atomic E-state index is 0.108. The number of aryl methyl sites for hydroxylation is 2. The summed E-state index contributed by atoms with van der Waals surface area (Å²) in [5.74, 6) is 1.47. The van der Waals surface area contributed by atoms with Gasteiger partial charge in [0.15, 0.2) is 0 Å². The fourth-order valence-electron chi connectivity index (χ4n) is 2.54. The molecular formula is C17H20N2O3.